The molecule has 0 aliphatic rings. The molecule has 0 unspecified atom stereocenters. The van der Waals surface area contributed by atoms with Gasteiger partial charge in [-0.3, -0.25) is 4.79 Å². The number of benzene rings is 1. The van der Waals surface area contributed by atoms with Gasteiger partial charge in [-0.25, -0.2) is 0 Å². The summed E-state index contributed by atoms with van der Waals surface area (Å²) in [5.74, 6) is 2.64. The molecule has 0 spiro atoms. The second kappa shape index (κ2) is 4.79. The standard InChI is InChI=1S/C13H16N2O2/c1-5-13(2,3)15-12(16)10-8-9(14)6-7-11(10)17-4/h1,6-8H,14H2,2-4H3,(H,15,16). The van der Waals surface area contributed by atoms with Gasteiger partial charge in [0.05, 0.1) is 18.2 Å². The van der Waals surface area contributed by atoms with Crippen LogP contribution in [0.3, 0.4) is 0 Å². The summed E-state index contributed by atoms with van der Waals surface area (Å²) in [6.07, 6.45) is 5.31. The van der Waals surface area contributed by atoms with Crippen LogP contribution in [-0.2, 0) is 0 Å². The number of amides is 1. The first kappa shape index (κ1) is 12.9. The molecule has 0 saturated carbocycles. The third kappa shape index (κ3) is 3.15. The molecule has 1 amide bonds. The van der Waals surface area contributed by atoms with Crippen LogP contribution < -0.4 is 15.8 Å². The third-order valence-corrected chi connectivity index (χ3v) is 2.26. The van der Waals surface area contributed by atoms with E-state index in [1.54, 1.807) is 32.0 Å². The lowest BCUT2D eigenvalue weighted by molar-refractivity contribution is 0.0927. The first-order valence-electron chi connectivity index (χ1n) is 5.13. The van der Waals surface area contributed by atoms with E-state index in [-0.39, 0.29) is 5.91 Å². The molecule has 4 heteroatoms. The highest BCUT2D eigenvalue weighted by atomic mass is 16.5. The van der Waals surface area contributed by atoms with Crippen LogP contribution in [0.25, 0.3) is 0 Å². The lowest BCUT2D eigenvalue weighted by Crippen LogP contribution is -2.42. The first-order valence-corrected chi connectivity index (χ1v) is 5.13. The van der Waals surface area contributed by atoms with Crippen LogP contribution in [0.2, 0.25) is 0 Å². The maximum absolute atomic E-state index is 12.0. The SMILES string of the molecule is C#CC(C)(C)NC(=O)c1cc(N)ccc1OC. The number of anilines is 1. The van der Waals surface area contributed by atoms with Crippen molar-refractivity contribution >= 4 is 11.6 Å². The van der Waals surface area contributed by atoms with E-state index in [1.165, 1.54) is 7.11 Å². The minimum atomic E-state index is -0.716. The largest absolute Gasteiger partial charge is 0.496 e. The predicted octanol–water partition coefficient (Wildman–Crippen LogP) is 1.42. The zero-order valence-corrected chi connectivity index (χ0v) is 10.2. The molecule has 17 heavy (non-hydrogen) atoms. The zero-order chi connectivity index (χ0) is 13.1. The average molecular weight is 232 g/mol. The summed E-state index contributed by atoms with van der Waals surface area (Å²) < 4.78 is 5.10. The molecule has 0 heterocycles. The van der Waals surface area contributed by atoms with Gasteiger partial charge in [0, 0.05) is 5.69 Å². The van der Waals surface area contributed by atoms with Gasteiger partial charge in [-0.05, 0) is 32.0 Å². The van der Waals surface area contributed by atoms with E-state index >= 15 is 0 Å². The normalized spacial score (nSPS) is 10.5. The van der Waals surface area contributed by atoms with Crippen LogP contribution in [0.1, 0.15) is 24.2 Å². The van der Waals surface area contributed by atoms with Crippen LogP contribution in [0, 0.1) is 12.3 Å². The Balaban J connectivity index is 3.04. The molecule has 0 aromatic heterocycles. The van der Waals surface area contributed by atoms with Gasteiger partial charge in [-0.1, -0.05) is 5.92 Å². The van der Waals surface area contributed by atoms with Crippen molar-refractivity contribution in [3.8, 4) is 18.1 Å². The summed E-state index contributed by atoms with van der Waals surface area (Å²) in [4.78, 5) is 12.0. The minimum Gasteiger partial charge on any atom is -0.496 e. The summed E-state index contributed by atoms with van der Waals surface area (Å²) in [6.45, 7) is 3.48. The van der Waals surface area contributed by atoms with Crippen molar-refractivity contribution in [3.05, 3.63) is 23.8 Å². The number of ether oxygens (including phenoxy) is 1. The topological polar surface area (TPSA) is 64.4 Å². The van der Waals surface area contributed by atoms with E-state index in [9.17, 15) is 4.79 Å². The quantitative estimate of drug-likeness (QED) is 0.612. The number of rotatable bonds is 3. The number of nitrogen functional groups attached to an aromatic ring is 1. The lowest BCUT2D eigenvalue weighted by Gasteiger charge is -2.20. The number of hydrogen-bond donors (Lipinski definition) is 2. The molecule has 1 aromatic carbocycles. The molecule has 0 aliphatic carbocycles. The van der Waals surface area contributed by atoms with E-state index in [1.807, 2.05) is 0 Å². The van der Waals surface area contributed by atoms with Crippen LogP contribution in [-0.4, -0.2) is 18.6 Å². The molecular formula is C13H16N2O2. The lowest BCUT2D eigenvalue weighted by atomic mass is 10.1. The second-order valence-corrected chi connectivity index (χ2v) is 4.18. The highest BCUT2D eigenvalue weighted by molar-refractivity contribution is 5.98. The summed E-state index contributed by atoms with van der Waals surface area (Å²) in [5.41, 5.74) is 5.79. The van der Waals surface area contributed by atoms with Gasteiger partial charge in [0.15, 0.2) is 0 Å². The van der Waals surface area contributed by atoms with Crippen molar-refractivity contribution < 1.29 is 9.53 Å². The Bertz CT molecular complexity index is 473. The van der Waals surface area contributed by atoms with Gasteiger partial charge in [0.2, 0.25) is 0 Å². The van der Waals surface area contributed by atoms with Crippen molar-refractivity contribution in [1.29, 1.82) is 0 Å². The van der Waals surface area contributed by atoms with Gasteiger partial charge in [0.25, 0.3) is 5.91 Å². The van der Waals surface area contributed by atoms with Crippen molar-refractivity contribution in [3.63, 3.8) is 0 Å². The van der Waals surface area contributed by atoms with Crippen LogP contribution in [0.5, 0.6) is 5.75 Å². The molecule has 4 nitrogen and oxygen atoms in total. The monoisotopic (exact) mass is 232 g/mol. The second-order valence-electron chi connectivity index (χ2n) is 4.18. The summed E-state index contributed by atoms with van der Waals surface area (Å²) in [6, 6.07) is 4.87. The number of methoxy groups -OCH3 is 1. The predicted molar refractivity (Wildman–Crippen MR) is 67.8 cm³/mol. The molecule has 0 saturated heterocycles. The van der Waals surface area contributed by atoms with Crippen molar-refractivity contribution in [2.45, 2.75) is 19.4 Å². The number of hydrogen-bond acceptors (Lipinski definition) is 3. The molecule has 0 atom stereocenters. The van der Waals surface area contributed by atoms with E-state index in [0.29, 0.717) is 17.0 Å². The number of nitrogens with two attached hydrogens (primary N) is 1. The van der Waals surface area contributed by atoms with Crippen LogP contribution >= 0.6 is 0 Å². The molecule has 1 aromatic rings. The number of carbonyl (C=O) groups excluding carboxylic acids is 1. The summed E-state index contributed by atoms with van der Waals surface area (Å²) in [5, 5.41) is 2.71. The fourth-order valence-electron chi connectivity index (χ4n) is 1.29. The third-order valence-electron chi connectivity index (χ3n) is 2.26. The number of carbonyl (C=O) groups is 1. The number of terminal acetylenes is 1. The van der Waals surface area contributed by atoms with Gasteiger partial charge < -0.3 is 15.8 Å². The highest BCUT2D eigenvalue weighted by Gasteiger charge is 2.20. The minimum absolute atomic E-state index is 0.308. The van der Waals surface area contributed by atoms with Gasteiger partial charge in [-0.2, -0.15) is 0 Å². The first-order chi connectivity index (χ1) is 7.89. The molecule has 90 valence electrons. The molecule has 0 bridgehead atoms. The fraction of sp³-hybridized carbons (Fsp3) is 0.308. The molecule has 0 fully saturated rings. The number of nitrogens with one attached hydrogen (secondary N) is 1. The Morgan fingerprint density at radius 2 is 2.18 bits per heavy atom. The Morgan fingerprint density at radius 3 is 2.71 bits per heavy atom. The van der Waals surface area contributed by atoms with E-state index in [2.05, 4.69) is 11.2 Å². The molecule has 0 aliphatic heterocycles. The Hall–Kier alpha value is -2.15. The Morgan fingerprint density at radius 1 is 1.53 bits per heavy atom. The average Bonchev–Trinajstić information content (AvgIpc) is 2.28. The van der Waals surface area contributed by atoms with Gasteiger partial charge in [0.1, 0.15) is 5.75 Å². The molecular weight excluding hydrogens is 216 g/mol. The van der Waals surface area contributed by atoms with Crippen LogP contribution in [0.4, 0.5) is 5.69 Å². The maximum atomic E-state index is 12.0. The van der Waals surface area contributed by atoms with Crippen molar-refractivity contribution in [1.82, 2.24) is 5.32 Å². The highest BCUT2D eigenvalue weighted by Crippen LogP contribution is 2.21. The molecule has 3 N–H and O–H groups in total. The van der Waals surface area contributed by atoms with Gasteiger partial charge in [-0.15, -0.1) is 6.42 Å². The van der Waals surface area contributed by atoms with Crippen molar-refractivity contribution in [2.75, 3.05) is 12.8 Å². The van der Waals surface area contributed by atoms with Crippen molar-refractivity contribution in [2.24, 2.45) is 0 Å². The Kier molecular flexibility index (Phi) is 3.64. The van der Waals surface area contributed by atoms with Crippen LogP contribution in [0.15, 0.2) is 18.2 Å². The Labute approximate surface area is 101 Å². The van der Waals surface area contributed by atoms with E-state index < -0.39 is 5.54 Å². The smallest absolute Gasteiger partial charge is 0.256 e. The molecule has 0 radical (unpaired) electrons. The molecule has 1 rings (SSSR count). The van der Waals surface area contributed by atoms with Gasteiger partial charge >= 0.3 is 0 Å². The zero-order valence-electron chi connectivity index (χ0n) is 10.2. The fourth-order valence-corrected chi connectivity index (χ4v) is 1.29. The van der Waals surface area contributed by atoms with E-state index in [4.69, 9.17) is 16.9 Å². The van der Waals surface area contributed by atoms with E-state index in [0.717, 1.165) is 0 Å². The maximum Gasteiger partial charge on any atom is 0.256 e. The summed E-state index contributed by atoms with van der Waals surface area (Å²) in [7, 11) is 1.49. The summed E-state index contributed by atoms with van der Waals surface area (Å²) >= 11 is 0.